The van der Waals surface area contributed by atoms with E-state index in [4.69, 9.17) is 4.42 Å². The van der Waals surface area contributed by atoms with E-state index in [1.807, 2.05) is 13.0 Å². The second-order valence-corrected chi connectivity index (χ2v) is 5.63. The minimum absolute atomic E-state index is 0.116. The quantitative estimate of drug-likeness (QED) is 0.858. The Morgan fingerprint density at radius 3 is 2.94 bits per heavy atom. The fourth-order valence-corrected chi connectivity index (χ4v) is 3.74. The van der Waals surface area contributed by atoms with Crippen LogP contribution in [0.15, 0.2) is 16.7 Å². The van der Waals surface area contributed by atoms with Crippen molar-refractivity contribution in [3.05, 3.63) is 23.7 Å². The van der Waals surface area contributed by atoms with E-state index in [2.05, 4.69) is 5.32 Å². The average molecular weight is 249 g/mol. The highest BCUT2D eigenvalue weighted by molar-refractivity contribution is 5.72. The highest BCUT2D eigenvalue weighted by Gasteiger charge is 2.50. The maximum absolute atomic E-state index is 11.4. The molecular weight excluding hydrogens is 230 g/mol. The van der Waals surface area contributed by atoms with Gasteiger partial charge in [-0.2, -0.15) is 0 Å². The molecule has 0 saturated heterocycles. The third-order valence-corrected chi connectivity index (χ3v) is 4.67. The second kappa shape index (κ2) is 4.43. The molecule has 1 heterocycles. The van der Waals surface area contributed by atoms with Gasteiger partial charge in [0.25, 0.3) is 0 Å². The van der Waals surface area contributed by atoms with Gasteiger partial charge in [0.1, 0.15) is 5.76 Å². The number of hydrogen-bond acceptors (Lipinski definition) is 3. The van der Waals surface area contributed by atoms with Crippen molar-refractivity contribution < 1.29 is 14.3 Å². The molecule has 18 heavy (non-hydrogen) atoms. The Morgan fingerprint density at radius 2 is 2.28 bits per heavy atom. The Kier molecular flexibility index (Phi) is 2.90. The molecule has 4 heteroatoms. The molecule has 0 aliphatic heterocycles. The summed E-state index contributed by atoms with van der Waals surface area (Å²) < 4.78 is 5.39. The number of aliphatic carboxylic acids is 1. The van der Waals surface area contributed by atoms with Crippen LogP contribution in [0.2, 0.25) is 0 Å². The summed E-state index contributed by atoms with van der Waals surface area (Å²) in [5.74, 6) is 0.978. The number of carbonyl (C=O) groups is 1. The first-order chi connectivity index (χ1) is 8.66. The van der Waals surface area contributed by atoms with Gasteiger partial charge in [-0.25, -0.2) is 0 Å². The first-order valence-corrected chi connectivity index (χ1v) is 6.66. The average Bonchev–Trinajstić information content (AvgIpc) is 3.00. The third kappa shape index (κ3) is 1.85. The summed E-state index contributed by atoms with van der Waals surface area (Å²) in [6, 6.07) is 2.05. The topological polar surface area (TPSA) is 62.5 Å². The van der Waals surface area contributed by atoms with Crippen LogP contribution in [0.1, 0.15) is 30.6 Å². The number of hydrogen-bond donors (Lipinski definition) is 2. The van der Waals surface area contributed by atoms with Crippen LogP contribution in [-0.4, -0.2) is 17.1 Å². The predicted octanol–water partition coefficient (Wildman–Crippen LogP) is 2.18. The van der Waals surface area contributed by atoms with Gasteiger partial charge in [0.05, 0.1) is 18.7 Å². The molecule has 2 aliphatic rings. The number of rotatable bonds is 4. The van der Waals surface area contributed by atoms with E-state index in [9.17, 15) is 9.90 Å². The molecule has 4 nitrogen and oxygen atoms in total. The highest BCUT2D eigenvalue weighted by atomic mass is 16.4. The number of aryl methyl sites for hydroxylation is 1. The van der Waals surface area contributed by atoms with Crippen LogP contribution in [-0.2, 0) is 11.3 Å². The SMILES string of the molecule is Cc1ccoc1CNC1C2CCC(C2)C1C(=O)O. The van der Waals surface area contributed by atoms with E-state index < -0.39 is 5.97 Å². The molecule has 2 bridgehead atoms. The van der Waals surface area contributed by atoms with E-state index in [1.54, 1.807) is 6.26 Å². The molecule has 2 saturated carbocycles. The minimum Gasteiger partial charge on any atom is -0.481 e. The molecule has 2 fully saturated rings. The van der Waals surface area contributed by atoms with Crippen molar-refractivity contribution in [2.75, 3.05) is 0 Å². The molecule has 0 spiro atoms. The molecule has 98 valence electrons. The minimum atomic E-state index is -0.643. The summed E-state index contributed by atoms with van der Waals surface area (Å²) in [7, 11) is 0. The van der Waals surface area contributed by atoms with Crippen molar-refractivity contribution in [1.29, 1.82) is 0 Å². The monoisotopic (exact) mass is 249 g/mol. The molecule has 0 amide bonds. The van der Waals surface area contributed by atoms with Crippen LogP contribution < -0.4 is 5.32 Å². The van der Waals surface area contributed by atoms with Gasteiger partial charge in [0.2, 0.25) is 0 Å². The Morgan fingerprint density at radius 1 is 1.50 bits per heavy atom. The van der Waals surface area contributed by atoms with Crippen LogP contribution in [0.25, 0.3) is 0 Å². The van der Waals surface area contributed by atoms with Gasteiger partial charge in [-0.15, -0.1) is 0 Å². The number of carboxylic acid groups (broad SMARTS) is 1. The largest absolute Gasteiger partial charge is 0.481 e. The fraction of sp³-hybridized carbons (Fsp3) is 0.643. The highest BCUT2D eigenvalue weighted by Crippen LogP contribution is 2.48. The van der Waals surface area contributed by atoms with Gasteiger partial charge in [0, 0.05) is 6.04 Å². The van der Waals surface area contributed by atoms with Crippen LogP contribution in [0.3, 0.4) is 0 Å². The molecule has 0 radical (unpaired) electrons. The molecule has 1 aromatic heterocycles. The van der Waals surface area contributed by atoms with E-state index in [-0.39, 0.29) is 12.0 Å². The summed E-state index contributed by atoms with van der Waals surface area (Å²) in [5.41, 5.74) is 1.12. The molecule has 2 N–H and O–H groups in total. The number of furan rings is 1. The van der Waals surface area contributed by atoms with Crippen molar-refractivity contribution >= 4 is 5.97 Å². The summed E-state index contributed by atoms with van der Waals surface area (Å²) in [4.78, 5) is 11.4. The number of nitrogens with one attached hydrogen (secondary N) is 1. The zero-order valence-corrected chi connectivity index (χ0v) is 10.6. The first-order valence-electron chi connectivity index (χ1n) is 6.66. The predicted molar refractivity (Wildman–Crippen MR) is 66.0 cm³/mol. The molecule has 4 atom stereocenters. The van der Waals surface area contributed by atoms with Crippen LogP contribution in [0.5, 0.6) is 0 Å². The number of carboxylic acids is 1. The summed E-state index contributed by atoms with van der Waals surface area (Å²) in [5, 5.41) is 12.8. The lowest BCUT2D eigenvalue weighted by molar-refractivity contribution is -0.144. The molecule has 0 aromatic carbocycles. The Balaban J connectivity index is 1.68. The van der Waals surface area contributed by atoms with Crippen molar-refractivity contribution in [3.8, 4) is 0 Å². The van der Waals surface area contributed by atoms with Gasteiger partial charge in [-0.1, -0.05) is 0 Å². The molecular formula is C14H19NO3. The Bertz CT molecular complexity index is 454. The maximum atomic E-state index is 11.4. The fourth-order valence-electron chi connectivity index (χ4n) is 3.74. The summed E-state index contributed by atoms with van der Waals surface area (Å²) in [6.45, 7) is 2.65. The molecule has 2 aliphatic carbocycles. The smallest absolute Gasteiger partial charge is 0.308 e. The van der Waals surface area contributed by atoms with E-state index in [1.165, 1.54) is 6.42 Å². The van der Waals surface area contributed by atoms with Gasteiger partial charge < -0.3 is 14.8 Å². The normalized spacial score (nSPS) is 34.1. The second-order valence-electron chi connectivity index (χ2n) is 5.63. The van der Waals surface area contributed by atoms with Gasteiger partial charge in [-0.05, 0) is 49.7 Å². The summed E-state index contributed by atoms with van der Waals surface area (Å²) in [6.07, 6.45) is 5.01. The molecule has 1 aromatic rings. The van der Waals surface area contributed by atoms with Crippen molar-refractivity contribution in [3.63, 3.8) is 0 Å². The molecule has 3 rings (SSSR count). The Labute approximate surface area is 106 Å². The van der Waals surface area contributed by atoms with Crippen LogP contribution in [0.4, 0.5) is 0 Å². The van der Waals surface area contributed by atoms with Crippen molar-refractivity contribution in [2.45, 2.75) is 38.8 Å². The zero-order chi connectivity index (χ0) is 12.7. The lowest BCUT2D eigenvalue weighted by Crippen LogP contribution is -2.43. The van der Waals surface area contributed by atoms with E-state index in [0.29, 0.717) is 18.4 Å². The van der Waals surface area contributed by atoms with Crippen molar-refractivity contribution in [1.82, 2.24) is 5.32 Å². The van der Waals surface area contributed by atoms with Crippen molar-refractivity contribution in [2.24, 2.45) is 17.8 Å². The standard InChI is InChI=1S/C14H19NO3/c1-8-4-5-18-11(8)7-15-13-10-3-2-9(6-10)12(13)14(16)17/h4-5,9-10,12-13,15H,2-3,6-7H2,1H3,(H,16,17). The lowest BCUT2D eigenvalue weighted by Gasteiger charge is -2.28. The third-order valence-electron chi connectivity index (χ3n) is 4.67. The first kappa shape index (κ1) is 11.8. The van der Waals surface area contributed by atoms with E-state index in [0.717, 1.165) is 24.2 Å². The van der Waals surface area contributed by atoms with Gasteiger partial charge in [0.15, 0.2) is 0 Å². The zero-order valence-electron chi connectivity index (χ0n) is 10.6. The lowest BCUT2D eigenvalue weighted by atomic mass is 9.84. The number of fused-ring (bicyclic) bond motifs is 2. The van der Waals surface area contributed by atoms with Gasteiger partial charge >= 0.3 is 5.97 Å². The van der Waals surface area contributed by atoms with Crippen LogP contribution >= 0.6 is 0 Å². The van der Waals surface area contributed by atoms with Gasteiger partial charge in [-0.3, -0.25) is 4.79 Å². The van der Waals surface area contributed by atoms with Crippen LogP contribution in [0, 0.1) is 24.7 Å². The molecule has 4 unspecified atom stereocenters. The van der Waals surface area contributed by atoms with E-state index >= 15 is 0 Å². The maximum Gasteiger partial charge on any atom is 0.308 e. The Hall–Kier alpha value is -1.29. The summed E-state index contributed by atoms with van der Waals surface area (Å²) >= 11 is 0.